The molecule has 6 nitrogen and oxygen atoms in total. The van der Waals surface area contributed by atoms with E-state index in [1.54, 1.807) is 47.6 Å². The Labute approximate surface area is 234 Å². The number of benzene rings is 4. The maximum Gasteiger partial charge on any atom is 0.175 e. The molecule has 204 valence electrons. The number of nitrogens with one attached hydrogen (secondary N) is 3. The molecule has 0 bridgehead atoms. The lowest BCUT2D eigenvalue weighted by molar-refractivity contribution is 0.317. The van der Waals surface area contributed by atoms with Crippen molar-refractivity contribution in [1.29, 1.82) is 0 Å². The SMILES string of the molecule is CCCc1ccc(NN(Nc2ccc(C)cc2F)C(Nc2cccc(S(C)(=O)=O)c2)c2ccc(Cl)cc2)cc1. The van der Waals surface area contributed by atoms with Gasteiger partial charge in [-0.3, -0.25) is 10.9 Å². The van der Waals surface area contributed by atoms with Crippen LogP contribution >= 0.6 is 11.6 Å². The Morgan fingerprint density at radius 2 is 1.62 bits per heavy atom. The van der Waals surface area contributed by atoms with Gasteiger partial charge in [0.15, 0.2) is 9.84 Å². The highest BCUT2D eigenvalue weighted by molar-refractivity contribution is 7.90. The summed E-state index contributed by atoms with van der Waals surface area (Å²) in [4.78, 5) is 0.186. The van der Waals surface area contributed by atoms with Crippen molar-refractivity contribution in [3.05, 3.63) is 119 Å². The smallest absolute Gasteiger partial charge is 0.175 e. The number of hydrogen-bond acceptors (Lipinski definition) is 6. The van der Waals surface area contributed by atoms with E-state index in [0.29, 0.717) is 10.7 Å². The second-order valence-corrected chi connectivity index (χ2v) is 11.9. The van der Waals surface area contributed by atoms with Gasteiger partial charge in [0, 0.05) is 17.0 Å². The van der Waals surface area contributed by atoms with Gasteiger partial charge in [-0.25, -0.2) is 12.8 Å². The van der Waals surface area contributed by atoms with Crippen molar-refractivity contribution in [3.63, 3.8) is 0 Å². The van der Waals surface area contributed by atoms with Gasteiger partial charge in [-0.15, -0.1) is 5.12 Å². The lowest BCUT2D eigenvalue weighted by Gasteiger charge is -2.35. The number of halogens is 2. The molecule has 1 unspecified atom stereocenters. The highest BCUT2D eigenvalue weighted by Crippen LogP contribution is 2.29. The molecule has 0 aromatic heterocycles. The average molecular weight is 567 g/mol. The Morgan fingerprint density at radius 3 is 2.26 bits per heavy atom. The molecule has 0 radical (unpaired) electrons. The summed E-state index contributed by atoms with van der Waals surface area (Å²) in [7, 11) is -3.42. The van der Waals surface area contributed by atoms with E-state index in [0.717, 1.165) is 29.7 Å². The first-order chi connectivity index (χ1) is 18.6. The van der Waals surface area contributed by atoms with Crippen molar-refractivity contribution in [3.8, 4) is 0 Å². The van der Waals surface area contributed by atoms with E-state index in [1.807, 2.05) is 37.3 Å². The Hall–Kier alpha value is -3.59. The number of hydrazine groups is 2. The summed E-state index contributed by atoms with van der Waals surface area (Å²) in [5.74, 6) is -0.408. The zero-order valence-electron chi connectivity index (χ0n) is 22.1. The monoisotopic (exact) mass is 566 g/mol. The highest BCUT2D eigenvalue weighted by atomic mass is 35.5. The second-order valence-electron chi connectivity index (χ2n) is 9.42. The fraction of sp³-hybridized carbons (Fsp3) is 0.200. The van der Waals surface area contributed by atoms with E-state index in [9.17, 15) is 12.8 Å². The van der Waals surface area contributed by atoms with Crippen LogP contribution in [0.5, 0.6) is 0 Å². The Balaban J connectivity index is 1.77. The molecule has 4 aromatic carbocycles. The molecular formula is C30H32ClFN4O2S. The molecule has 0 aliphatic rings. The molecule has 39 heavy (non-hydrogen) atoms. The van der Waals surface area contributed by atoms with Gasteiger partial charge in [-0.05, 0) is 84.6 Å². The van der Waals surface area contributed by atoms with E-state index >= 15 is 0 Å². The van der Waals surface area contributed by atoms with Crippen LogP contribution in [-0.4, -0.2) is 19.8 Å². The first-order valence-electron chi connectivity index (χ1n) is 12.6. The zero-order valence-corrected chi connectivity index (χ0v) is 23.7. The number of hydrogen-bond donors (Lipinski definition) is 3. The number of anilines is 3. The number of nitrogens with zero attached hydrogens (tertiary/aromatic N) is 1. The quantitative estimate of drug-likeness (QED) is 0.128. The van der Waals surface area contributed by atoms with E-state index in [-0.39, 0.29) is 10.6 Å². The lowest BCUT2D eigenvalue weighted by atomic mass is 10.1. The Morgan fingerprint density at radius 1 is 0.897 bits per heavy atom. The average Bonchev–Trinajstić information content (AvgIpc) is 2.90. The summed E-state index contributed by atoms with van der Waals surface area (Å²) in [6.07, 6.45) is 2.55. The molecule has 9 heteroatoms. The van der Waals surface area contributed by atoms with E-state index in [1.165, 1.54) is 17.9 Å². The van der Waals surface area contributed by atoms with Crippen LogP contribution < -0.4 is 16.2 Å². The minimum absolute atomic E-state index is 0.186. The summed E-state index contributed by atoms with van der Waals surface area (Å²) in [6, 6.07) is 26.8. The van der Waals surface area contributed by atoms with Gasteiger partial charge in [0.1, 0.15) is 12.0 Å². The van der Waals surface area contributed by atoms with Crippen molar-refractivity contribution >= 4 is 38.5 Å². The fourth-order valence-corrected chi connectivity index (χ4v) is 4.88. The molecule has 0 aliphatic carbocycles. The van der Waals surface area contributed by atoms with E-state index in [4.69, 9.17) is 11.6 Å². The van der Waals surface area contributed by atoms with Gasteiger partial charge in [0.05, 0.1) is 16.3 Å². The van der Waals surface area contributed by atoms with Gasteiger partial charge >= 0.3 is 0 Å². The van der Waals surface area contributed by atoms with Crippen molar-refractivity contribution in [2.75, 3.05) is 22.4 Å². The van der Waals surface area contributed by atoms with Crippen LogP contribution in [0.25, 0.3) is 0 Å². The molecule has 0 fully saturated rings. The van der Waals surface area contributed by atoms with Gasteiger partial charge in [0.25, 0.3) is 0 Å². The molecule has 0 spiro atoms. The predicted molar refractivity (Wildman–Crippen MR) is 158 cm³/mol. The van der Waals surface area contributed by atoms with Crippen molar-refractivity contribution in [1.82, 2.24) is 5.12 Å². The van der Waals surface area contributed by atoms with Gasteiger partial charge < -0.3 is 5.32 Å². The molecule has 3 N–H and O–H groups in total. The molecule has 0 heterocycles. The van der Waals surface area contributed by atoms with Crippen LogP contribution in [0.15, 0.2) is 95.9 Å². The third-order valence-electron chi connectivity index (χ3n) is 6.12. The summed E-state index contributed by atoms with van der Waals surface area (Å²) < 4.78 is 39.4. The molecular weight excluding hydrogens is 535 g/mol. The summed E-state index contributed by atoms with van der Waals surface area (Å²) in [6.45, 7) is 3.96. The number of sulfone groups is 1. The molecule has 1 atom stereocenters. The summed E-state index contributed by atoms with van der Waals surface area (Å²) in [5.41, 5.74) is 11.0. The van der Waals surface area contributed by atoms with E-state index in [2.05, 4.69) is 35.2 Å². The van der Waals surface area contributed by atoms with Gasteiger partial charge in [-0.1, -0.05) is 61.3 Å². The highest BCUT2D eigenvalue weighted by Gasteiger charge is 2.23. The zero-order chi connectivity index (χ0) is 28.0. The topological polar surface area (TPSA) is 73.5 Å². The maximum atomic E-state index is 15.0. The van der Waals surface area contributed by atoms with Crippen molar-refractivity contribution in [2.24, 2.45) is 0 Å². The van der Waals surface area contributed by atoms with Crippen LogP contribution in [-0.2, 0) is 16.3 Å². The normalized spacial score (nSPS) is 12.3. The maximum absolute atomic E-state index is 15.0. The van der Waals surface area contributed by atoms with E-state index < -0.39 is 21.8 Å². The van der Waals surface area contributed by atoms with Crippen LogP contribution in [0.2, 0.25) is 5.02 Å². The lowest BCUT2D eigenvalue weighted by Crippen LogP contribution is -2.42. The molecule has 0 aliphatic heterocycles. The third-order valence-corrected chi connectivity index (χ3v) is 7.48. The first-order valence-corrected chi connectivity index (χ1v) is 14.9. The largest absolute Gasteiger partial charge is 0.363 e. The third kappa shape index (κ3) is 7.72. The van der Waals surface area contributed by atoms with Gasteiger partial charge in [-0.2, -0.15) is 0 Å². The number of rotatable bonds is 11. The first kappa shape index (κ1) is 28.4. The molecule has 0 amide bonds. The summed E-state index contributed by atoms with van der Waals surface area (Å²) in [5, 5.41) is 5.62. The van der Waals surface area contributed by atoms with Crippen LogP contribution in [0, 0.1) is 12.7 Å². The molecule has 0 saturated carbocycles. The fourth-order valence-electron chi connectivity index (χ4n) is 4.09. The predicted octanol–water partition coefficient (Wildman–Crippen LogP) is 7.61. The van der Waals surface area contributed by atoms with Crippen molar-refractivity contribution < 1.29 is 12.8 Å². The molecule has 0 saturated heterocycles. The standard InChI is InChI=1S/C30H32ClFN4O2S/c1-4-6-22-10-16-25(17-11-22)34-36(35-29-18-9-21(2)19-28(29)32)30(23-12-14-24(31)15-13-23)33-26-7-5-8-27(20-26)39(3,37)38/h5,7-20,30,33-35H,4,6H2,1-3H3. The molecule has 4 aromatic rings. The summed E-state index contributed by atoms with van der Waals surface area (Å²) >= 11 is 6.18. The van der Waals surface area contributed by atoms with Crippen LogP contribution in [0.3, 0.4) is 0 Å². The minimum atomic E-state index is -3.42. The Kier molecular flexibility index (Phi) is 9.12. The molecule has 4 rings (SSSR count). The second kappa shape index (κ2) is 12.5. The minimum Gasteiger partial charge on any atom is -0.363 e. The number of aryl methyl sites for hydroxylation is 2. The van der Waals surface area contributed by atoms with Crippen LogP contribution in [0.4, 0.5) is 21.5 Å². The van der Waals surface area contributed by atoms with Crippen LogP contribution in [0.1, 0.15) is 36.2 Å². The Bertz CT molecular complexity index is 1510. The van der Waals surface area contributed by atoms with Crippen molar-refractivity contribution in [2.45, 2.75) is 37.8 Å². The van der Waals surface area contributed by atoms with Gasteiger partial charge in [0.2, 0.25) is 0 Å².